The van der Waals surface area contributed by atoms with Gasteiger partial charge in [0.1, 0.15) is 11.4 Å². The van der Waals surface area contributed by atoms with Gasteiger partial charge in [0, 0.05) is 24.1 Å². The lowest BCUT2D eigenvalue weighted by Crippen LogP contribution is -2.41. The Morgan fingerprint density at radius 2 is 1.75 bits per heavy atom. The molecule has 0 saturated carbocycles. The number of benzene rings is 2. The van der Waals surface area contributed by atoms with Crippen molar-refractivity contribution in [3.8, 4) is 5.75 Å². The first-order chi connectivity index (χ1) is 13.1. The van der Waals surface area contributed by atoms with Gasteiger partial charge in [-0.2, -0.15) is 0 Å². The number of ether oxygens (including phenoxy) is 1. The van der Waals surface area contributed by atoms with Crippen molar-refractivity contribution >= 4 is 6.09 Å². The van der Waals surface area contributed by atoms with E-state index in [1.165, 1.54) is 0 Å². The minimum Gasteiger partial charge on any atom is -0.508 e. The van der Waals surface area contributed by atoms with Crippen LogP contribution in [0, 0.1) is 6.92 Å². The van der Waals surface area contributed by atoms with Crippen LogP contribution in [-0.4, -0.2) is 34.3 Å². The molecule has 0 saturated heterocycles. The third-order valence-electron chi connectivity index (χ3n) is 4.67. The molecular weight excluding hydrogens is 350 g/mol. The van der Waals surface area contributed by atoms with Gasteiger partial charge < -0.3 is 14.7 Å². The smallest absolute Gasteiger partial charge is 0.410 e. The maximum atomic E-state index is 12.7. The van der Waals surface area contributed by atoms with Gasteiger partial charge in [-0.1, -0.05) is 48.0 Å². The van der Waals surface area contributed by atoms with Gasteiger partial charge in [-0.05, 0) is 59.6 Å². The summed E-state index contributed by atoms with van der Waals surface area (Å²) in [5.41, 5.74) is 2.58. The monoisotopic (exact) mass is 383 g/mol. The molecule has 0 aliphatic rings. The number of aryl methyl sites for hydroxylation is 1. The summed E-state index contributed by atoms with van der Waals surface area (Å²) in [5, 5.41) is 10.5. The number of nitrogens with zero attached hydrogens (tertiary/aromatic N) is 1. The van der Waals surface area contributed by atoms with Crippen molar-refractivity contribution in [2.45, 2.75) is 65.5 Å². The van der Waals surface area contributed by atoms with Crippen molar-refractivity contribution in [2.75, 3.05) is 6.54 Å². The highest BCUT2D eigenvalue weighted by Gasteiger charge is 2.26. The Balaban J connectivity index is 2.29. The molecule has 0 heterocycles. The van der Waals surface area contributed by atoms with E-state index < -0.39 is 5.60 Å². The first-order valence-electron chi connectivity index (χ1n) is 9.92. The Kier molecular flexibility index (Phi) is 7.11. The van der Waals surface area contributed by atoms with E-state index in [4.69, 9.17) is 4.74 Å². The number of aromatic hydroxyl groups is 1. The van der Waals surface area contributed by atoms with Gasteiger partial charge in [0.25, 0.3) is 0 Å². The van der Waals surface area contributed by atoms with Crippen molar-refractivity contribution in [1.82, 2.24) is 4.90 Å². The minimum absolute atomic E-state index is 0.00946. The molecule has 1 N–H and O–H groups in total. The van der Waals surface area contributed by atoms with E-state index in [0.29, 0.717) is 13.0 Å². The third-order valence-corrected chi connectivity index (χ3v) is 4.67. The van der Waals surface area contributed by atoms with Crippen molar-refractivity contribution < 1.29 is 14.6 Å². The number of carbonyl (C=O) groups excluding carboxylic acids is 1. The molecule has 2 rings (SSSR count). The Bertz CT molecular complexity index is 778. The van der Waals surface area contributed by atoms with E-state index in [1.54, 1.807) is 11.0 Å². The zero-order valence-electron chi connectivity index (χ0n) is 17.9. The molecule has 1 unspecified atom stereocenters. The Labute approximate surface area is 169 Å². The second-order valence-electron chi connectivity index (χ2n) is 8.58. The third kappa shape index (κ3) is 6.01. The Morgan fingerprint density at radius 3 is 2.32 bits per heavy atom. The van der Waals surface area contributed by atoms with Gasteiger partial charge in [0.15, 0.2) is 0 Å². The van der Waals surface area contributed by atoms with E-state index in [1.807, 2.05) is 71.9 Å². The molecule has 2 aromatic carbocycles. The predicted molar refractivity (Wildman–Crippen MR) is 114 cm³/mol. The molecule has 0 bridgehead atoms. The van der Waals surface area contributed by atoms with Gasteiger partial charge in [-0.15, -0.1) is 0 Å². The lowest BCUT2D eigenvalue weighted by Gasteiger charge is -2.31. The zero-order valence-corrected chi connectivity index (χ0v) is 17.9. The number of phenolic OH excluding ortho intramolecular Hbond substituents is 1. The number of phenols is 1. The molecule has 2 aromatic rings. The molecular formula is C24H33NO3. The summed E-state index contributed by atoms with van der Waals surface area (Å²) in [6, 6.07) is 15.8. The van der Waals surface area contributed by atoms with Crippen LogP contribution in [0.2, 0.25) is 0 Å². The summed E-state index contributed by atoms with van der Waals surface area (Å²) in [6.45, 7) is 12.2. The highest BCUT2D eigenvalue weighted by atomic mass is 16.6. The van der Waals surface area contributed by atoms with E-state index >= 15 is 0 Å². The molecule has 1 atom stereocenters. The highest BCUT2D eigenvalue weighted by molar-refractivity contribution is 5.68. The maximum Gasteiger partial charge on any atom is 0.410 e. The Morgan fingerprint density at radius 1 is 1.11 bits per heavy atom. The molecule has 4 nitrogen and oxygen atoms in total. The summed E-state index contributed by atoms with van der Waals surface area (Å²) in [6.07, 6.45) is 0.390. The molecule has 0 aliphatic heterocycles. The topological polar surface area (TPSA) is 49.8 Å². The van der Waals surface area contributed by atoms with Crippen LogP contribution in [-0.2, 0) is 4.74 Å². The first-order valence-corrected chi connectivity index (χ1v) is 9.92. The lowest BCUT2D eigenvalue weighted by molar-refractivity contribution is 0.0187. The summed E-state index contributed by atoms with van der Waals surface area (Å²) in [4.78, 5) is 14.4. The van der Waals surface area contributed by atoms with Gasteiger partial charge in [0.2, 0.25) is 0 Å². The van der Waals surface area contributed by atoms with Crippen LogP contribution in [0.3, 0.4) is 0 Å². The number of carbonyl (C=O) groups is 1. The maximum absolute atomic E-state index is 12.7. The average Bonchev–Trinajstić information content (AvgIpc) is 2.60. The van der Waals surface area contributed by atoms with Crippen LogP contribution >= 0.6 is 0 Å². The first kappa shape index (κ1) is 21.8. The van der Waals surface area contributed by atoms with Crippen molar-refractivity contribution in [3.05, 3.63) is 65.2 Å². The standard InChI is InChI=1S/C24H33NO3/c1-17(2)25(23(27)28-24(4,5)6)15-14-20(19-10-8-7-9-11-19)21-16-18(3)12-13-22(21)26/h7-13,16-17,20,26H,14-15H2,1-6H3. The van der Waals surface area contributed by atoms with Crippen LogP contribution < -0.4 is 0 Å². The number of hydrogen-bond acceptors (Lipinski definition) is 3. The minimum atomic E-state index is -0.530. The molecule has 28 heavy (non-hydrogen) atoms. The van der Waals surface area contributed by atoms with Gasteiger partial charge >= 0.3 is 6.09 Å². The summed E-state index contributed by atoms with van der Waals surface area (Å²) in [7, 11) is 0. The number of hydrogen-bond donors (Lipinski definition) is 1. The second kappa shape index (κ2) is 9.13. The van der Waals surface area contributed by atoms with Crippen molar-refractivity contribution in [3.63, 3.8) is 0 Å². The fourth-order valence-electron chi connectivity index (χ4n) is 3.29. The predicted octanol–water partition coefficient (Wildman–Crippen LogP) is 5.87. The quantitative estimate of drug-likeness (QED) is 0.679. The second-order valence-corrected chi connectivity index (χ2v) is 8.58. The molecule has 152 valence electrons. The average molecular weight is 384 g/mol. The van der Waals surface area contributed by atoms with E-state index in [0.717, 1.165) is 16.7 Å². The molecule has 1 amide bonds. The molecule has 0 aliphatic carbocycles. The van der Waals surface area contributed by atoms with Crippen LogP contribution in [0.15, 0.2) is 48.5 Å². The summed E-state index contributed by atoms with van der Waals surface area (Å²) < 4.78 is 5.59. The SMILES string of the molecule is Cc1ccc(O)c(C(CCN(C(=O)OC(C)(C)C)C(C)C)c2ccccc2)c1. The summed E-state index contributed by atoms with van der Waals surface area (Å²) >= 11 is 0. The fraction of sp³-hybridized carbons (Fsp3) is 0.458. The van der Waals surface area contributed by atoms with Gasteiger partial charge in [-0.3, -0.25) is 0 Å². The van der Waals surface area contributed by atoms with Crippen LogP contribution in [0.25, 0.3) is 0 Å². The van der Waals surface area contributed by atoms with Crippen LogP contribution in [0.1, 0.15) is 63.6 Å². The van der Waals surface area contributed by atoms with Gasteiger partial charge in [0.05, 0.1) is 0 Å². The van der Waals surface area contributed by atoms with Crippen LogP contribution in [0.5, 0.6) is 5.75 Å². The van der Waals surface area contributed by atoms with E-state index in [2.05, 4.69) is 12.1 Å². The molecule has 0 radical (unpaired) electrons. The fourth-order valence-corrected chi connectivity index (χ4v) is 3.29. The largest absolute Gasteiger partial charge is 0.508 e. The molecule has 0 aromatic heterocycles. The number of rotatable bonds is 6. The number of amides is 1. The van der Waals surface area contributed by atoms with Gasteiger partial charge in [-0.25, -0.2) is 4.79 Å². The summed E-state index contributed by atoms with van der Waals surface area (Å²) in [5.74, 6) is 0.276. The highest BCUT2D eigenvalue weighted by Crippen LogP contribution is 2.35. The zero-order chi connectivity index (χ0) is 20.9. The van der Waals surface area contributed by atoms with Crippen molar-refractivity contribution in [1.29, 1.82) is 0 Å². The van der Waals surface area contributed by atoms with Crippen molar-refractivity contribution in [2.24, 2.45) is 0 Å². The lowest BCUT2D eigenvalue weighted by atomic mass is 9.87. The molecule has 0 fully saturated rings. The molecule has 0 spiro atoms. The normalized spacial score (nSPS) is 12.7. The Hall–Kier alpha value is -2.49. The molecule has 4 heteroatoms. The van der Waals surface area contributed by atoms with Crippen LogP contribution in [0.4, 0.5) is 4.79 Å². The van der Waals surface area contributed by atoms with E-state index in [-0.39, 0.29) is 23.8 Å². The van der Waals surface area contributed by atoms with E-state index in [9.17, 15) is 9.90 Å².